The van der Waals surface area contributed by atoms with Crippen molar-refractivity contribution < 1.29 is 9.90 Å². The van der Waals surface area contributed by atoms with Gasteiger partial charge in [-0.3, -0.25) is 4.79 Å². The van der Waals surface area contributed by atoms with E-state index in [0.717, 1.165) is 30.4 Å². The molecule has 2 N–H and O–H groups in total. The Morgan fingerprint density at radius 3 is 2.59 bits per heavy atom. The molecule has 0 unspecified atom stereocenters. The lowest BCUT2D eigenvalue weighted by Gasteiger charge is -2.08. The quantitative estimate of drug-likeness (QED) is 0.713. The third-order valence-electron chi connectivity index (χ3n) is 2.77. The highest BCUT2D eigenvalue weighted by Crippen LogP contribution is 2.08. The van der Waals surface area contributed by atoms with Crippen molar-refractivity contribution in [2.75, 3.05) is 0 Å². The fraction of sp³-hybridized carbons (Fsp3) is 0.500. The number of carbonyl (C=O) groups is 1. The molecule has 1 aromatic carbocycles. The Kier molecular flexibility index (Phi) is 6.33. The molecule has 1 amide bonds. The highest BCUT2D eigenvalue weighted by Gasteiger charge is 2.03. The summed E-state index contributed by atoms with van der Waals surface area (Å²) in [6.07, 6.45) is 3.76. The summed E-state index contributed by atoms with van der Waals surface area (Å²) >= 11 is 0. The number of benzene rings is 1. The van der Waals surface area contributed by atoms with Crippen molar-refractivity contribution >= 4 is 5.91 Å². The molecule has 0 spiro atoms. The summed E-state index contributed by atoms with van der Waals surface area (Å²) in [4.78, 5) is 11.5. The molecule has 0 aliphatic rings. The Balaban J connectivity index is 2.36. The van der Waals surface area contributed by atoms with Gasteiger partial charge in [-0.2, -0.15) is 0 Å². The summed E-state index contributed by atoms with van der Waals surface area (Å²) in [7, 11) is 0. The first-order chi connectivity index (χ1) is 8.27. The second-order valence-electron chi connectivity index (χ2n) is 4.16. The normalized spacial score (nSPS) is 10.2. The number of hydrogen-bond donors (Lipinski definition) is 2. The molecule has 0 heterocycles. The molecule has 94 valence electrons. The Labute approximate surface area is 103 Å². The van der Waals surface area contributed by atoms with Crippen LogP contribution in [0.4, 0.5) is 0 Å². The fourth-order valence-corrected chi connectivity index (χ4v) is 1.70. The smallest absolute Gasteiger partial charge is 0.220 e. The van der Waals surface area contributed by atoms with Gasteiger partial charge in [-0.25, -0.2) is 0 Å². The van der Waals surface area contributed by atoms with Crippen LogP contribution in [-0.4, -0.2) is 11.0 Å². The third-order valence-corrected chi connectivity index (χ3v) is 2.77. The van der Waals surface area contributed by atoms with E-state index in [1.54, 1.807) is 0 Å². The Morgan fingerprint density at radius 1 is 1.24 bits per heavy atom. The zero-order valence-corrected chi connectivity index (χ0v) is 10.4. The molecule has 0 radical (unpaired) electrons. The number of carbonyl (C=O) groups excluding carboxylic acids is 1. The summed E-state index contributed by atoms with van der Waals surface area (Å²) in [5.74, 6) is 0.0891. The maximum atomic E-state index is 11.5. The van der Waals surface area contributed by atoms with E-state index in [0.29, 0.717) is 13.0 Å². The van der Waals surface area contributed by atoms with Crippen LogP contribution in [0, 0.1) is 0 Å². The lowest BCUT2D eigenvalue weighted by atomic mass is 10.1. The number of aliphatic hydroxyl groups is 1. The average molecular weight is 235 g/mol. The molecular formula is C14H21NO2. The van der Waals surface area contributed by atoms with Gasteiger partial charge in [0.25, 0.3) is 0 Å². The molecule has 0 aliphatic heterocycles. The van der Waals surface area contributed by atoms with Gasteiger partial charge in [-0.15, -0.1) is 0 Å². The molecule has 0 aliphatic carbocycles. The highest BCUT2D eigenvalue weighted by molar-refractivity contribution is 5.75. The molecule has 1 aromatic rings. The van der Waals surface area contributed by atoms with Gasteiger partial charge in [0.15, 0.2) is 0 Å². The summed E-state index contributed by atoms with van der Waals surface area (Å²) in [5.41, 5.74) is 1.86. The average Bonchev–Trinajstić information content (AvgIpc) is 2.37. The Hall–Kier alpha value is -1.35. The van der Waals surface area contributed by atoms with Crippen LogP contribution < -0.4 is 5.32 Å². The molecule has 0 atom stereocenters. The highest BCUT2D eigenvalue weighted by atomic mass is 16.3. The summed E-state index contributed by atoms with van der Waals surface area (Å²) in [6.45, 7) is 2.64. The first-order valence-electron chi connectivity index (χ1n) is 6.22. The first kappa shape index (κ1) is 13.7. The van der Waals surface area contributed by atoms with Crippen molar-refractivity contribution in [3.63, 3.8) is 0 Å². The van der Waals surface area contributed by atoms with Crippen molar-refractivity contribution in [1.82, 2.24) is 5.32 Å². The van der Waals surface area contributed by atoms with Gasteiger partial charge in [-0.1, -0.05) is 44.0 Å². The molecule has 3 heteroatoms. The van der Waals surface area contributed by atoms with Crippen LogP contribution in [0.2, 0.25) is 0 Å². The molecule has 3 nitrogen and oxygen atoms in total. The number of amides is 1. The molecule has 1 rings (SSSR count). The van der Waals surface area contributed by atoms with E-state index < -0.39 is 0 Å². The molecule has 0 saturated carbocycles. The van der Waals surface area contributed by atoms with Gasteiger partial charge in [0.2, 0.25) is 5.91 Å². The van der Waals surface area contributed by atoms with Gasteiger partial charge in [0.1, 0.15) is 0 Å². The maximum absolute atomic E-state index is 11.5. The minimum Gasteiger partial charge on any atom is -0.392 e. The van der Waals surface area contributed by atoms with E-state index in [9.17, 15) is 4.79 Å². The standard InChI is InChI=1S/C14H21NO2/c1-2-3-4-9-14(17)15-10-12-7-5-6-8-13(12)11-16/h5-8,16H,2-4,9-11H2,1H3,(H,15,17). The van der Waals surface area contributed by atoms with Crippen molar-refractivity contribution in [1.29, 1.82) is 0 Å². The van der Waals surface area contributed by atoms with E-state index in [2.05, 4.69) is 12.2 Å². The van der Waals surface area contributed by atoms with E-state index in [4.69, 9.17) is 5.11 Å². The summed E-state index contributed by atoms with van der Waals surface area (Å²) in [6, 6.07) is 7.60. The number of rotatable bonds is 7. The van der Waals surface area contributed by atoms with Crippen molar-refractivity contribution in [2.24, 2.45) is 0 Å². The van der Waals surface area contributed by atoms with E-state index >= 15 is 0 Å². The minimum absolute atomic E-state index is 0.0158. The lowest BCUT2D eigenvalue weighted by molar-refractivity contribution is -0.121. The van der Waals surface area contributed by atoms with E-state index in [1.165, 1.54) is 0 Å². The largest absolute Gasteiger partial charge is 0.392 e. The molecule has 0 bridgehead atoms. The van der Waals surface area contributed by atoms with Crippen LogP contribution in [0.15, 0.2) is 24.3 Å². The zero-order chi connectivity index (χ0) is 12.5. The molecule has 0 fully saturated rings. The number of hydrogen-bond acceptors (Lipinski definition) is 2. The second kappa shape index (κ2) is 7.85. The molecule has 0 saturated heterocycles. The predicted molar refractivity (Wildman–Crippen MR) is 68.4 cm³/mol. The van der Waals surface area contributed by atoms with Crippen LogP contribution in [0.25, 0.3) is 0 Å². The van der Waals surface area contributed by atoms with E-state index in [1.807, 2.05) is 24.3 Å². The fourth-order valence-electron chi connectivity index (χ4n) is 1.70. The molecule has 0 aromatic heterocycles. The van der Waals surface area contributed by atoms with Crippen LogP contribution in [-0.2, 0) is 17.9 Å². The number of aliphatic hydroxyl groups excluding tert-OH is 1. The minimum atomic E-state index is 0.0158. The van der Waals surface area contributed by atoms with Crippen LogP contribution in [0.1, 0.15) is 43.7 Å². The second-order valence-corrected chi connectivity index (χ2v) is 4.16. The molecular weight excluding hydrogens is 214 g/mol. The Bertz CT molecular complexity index is 350. The summed E-state index contributed by atoms with van der Waals surface area (Å²) < 4.78 is 0. The zero-order valence-electron chi connectivity index (χ0n) is 10.4. The van der Waals surface area contributed by atoms with Gasteiger partial charge in [-0.05, 0) is 17.5 Å². The van der Waals surface area contributed by atoms with Crippen LogP contribution in [0.5, 0.6) is 0 Å². The Morgan fingerprint density at radius 2 is 1.94 bits per heavy atom. The van der Waals surface area contributed by atoms with Crippen molar-refractivity contribution in [3.8, 4) is 0 Å². The lowest BCUT2D eigenvalue weighted by Crippen LogP contribution is -2.22. The number of nitrogens with one attached hydrogen (secondary N) is 1. The topological polar surface area (TPSA) is 49.3 Å². The number of unbranched alkanes of at least 4 members (excludes halogenated alkanes) is 2. The van der Waals surface area contributed by atoms with Gasteiger partial charge in [0.05, 0.1) is 6.61 Å². The van der Waals surface area contributed by atoms with Gasteiger partial charge >= 0.3 is 0 Å². The van der Waals surface area contributed by atoms with Gasteiger partial charge < -0.3 is 10.4 Å². The van der Waals surface area contributed by atoms with Crippen LogP contribution >= 0.6 is 0 Å². The summed E-state index contributed by atoms with van der Waals surface area (Å²) in [5, 5.41) is 12.0. The predicted octanol–water partition coefficient (Wildman–Crippen LogP) is 2.38. The van der Waals surface area contributed by atoms with Crippen LogP contribution in [0.3, 0.4) is 0 Å². The van der Waals surface area contributed by atoms with E-state index in [-0.39, 0.29) is 12.5 Å². The molecule has 17 heavy (non-hydrogen) atoms. The first-order valence-corrected chi connectivity index (χ1v) is 6.22. The van der Waals surface area contributed by atoms with Gasteiger partial charge in [0, 0.05) is 13.0 Å². The van der Waals surface area contributed by atoms with Crippen molar-refractivity contribution in [2.45, 2.75) is 45.8 Å². The monoisotopic (exact) mass is 235 g/mol. The third kappa shape index (κ3) is 5.00. The SMILES string of the molecule is CCCCCC(=O)NCc1ccccc1CO. The maximum Gasteiger partial charge on any atom is 0.220 e. The van der Waals surface area contributed by atoms with Crippen molar-refractivity contribution in [3.05, 3.63) is 35.4 Å².